The zero-order chi connectivity index (χ0) is 14.7. The van der Waals surface area contributed by atoms with Gasteiger partial charge in [-0.1, -0.05) is 0 Å². The Bertz CT molecular complexity index is 627. The van der Waals surface area contributed by atoms with Crippen molar-refractivity contribution in [2.75, 3.05) is 24.8 Å². The summed E-state index contributed by atoms with van der Waals surface area (Å²) in [5, 5.41) is 2.04. The van der Waals surface area contributed by atoms with Gasteiger partial charge in [0.1, 0.15) is 0 Å². The topological polar surface area (TPSA) is 55.6 Å². The highest BCUT2D eigenvalue weighted by atomic mass is 79.9. The van der Waals surface area contributed by atoms with Crippen LogP contribution in [0.15, 0.2) is 34.1 Å². The molecule has 0 saturated carbocycles. The average molecular weight is 355 g/mol. The van der Waals surface area contributed by atoms with Crippen molar-refractivity contribution >= 4 is 44.6 Å². The highest BCUT2D eigenvalue weighted by Crippen LogP contribution is 2.27. The first-order chi connectivity index (χ1) is 9.51. The van der Waals surface area contributed by atoms with Gasteiger partial charge in [0.2, 0.25) is 0 Å². The Labute approximate surface area is 130 Å². The van der Waals surface area contributed by atoms with Crippen LogP contribution in [0.4, 0.5) is 11.4 Å². The van der Waals surface area contributed by atoms with Crippen molar-refractivity contribution in [3.8, 4) is 0 Å². The number of rotatable bonds is 4. The van der Waals surface area contributed by atoms with Gasteiger partial charge >= 0.3 is 5.97 Å². The normalized spacial score (nSPS) is 10.3. The number of anilines is 2. The van der Waals surface area contributed by atoms with Gasteiger partial charge in [-0.15, -0.1) is 11.3 Å². The van der Waals surface area contributed by atoms with Gasteiger partial charge in [0, 0.05) is 27.5 Å². The highest BCUT2D eigenvalue weighted by molar-refractivity contribution is 9.10. The monoisotopic (exact) mass is 354 g/mol. The number of carbonyl (C=O) groups is 1. The molecule has 0 atom stereocenters. The summed E-state index contributed by atoms with van der Waals surface area (Å²) in [4.78, 5) is 15.0. The van der Waals surface area contributed by atoms with E-state index in [2.05, 4.69) is 22.0 Å². The maximum atomic E-state index is 11.8. The molecule has 0 fully saturated rings. The molecule has 0 radical (unpaired) electrons. The van der Waals surface area contributed by atoms with Crippen LogP contribution < -0.4 is 10.6 Å². The minimum absolute atomic E-state index is 0.383. The summed E-state index contributed by atoms with van der Waals surface area (Å²) in [7, 11) is 3.30. The Morgan fingerprint density at radius 2 is 2.20 bits per heavy atom. The molecule has 0 saturated heterocycles. The van der Waals surface area contributed by atoms with Crippen LogP contribution in [-0.4, -0.2) is 20.1 Å². The van der Waals surface area contributed by atoms with E-state index in [1.807, 2.05) is 23.4 Å². The van der Waals surface area contributed by atoms with Crippen LogP contribution in [-0.2, 0) is 11.3 Å². The number of methoxy groups -OCH3 is 1. The molecule has 20 heavy (non-hydrogen) atoms. The van der Waals surface area contributed by atoms with Crippen LogP contribution in [0.2, 0.25) is 0 Å². The Balaban J connectivity index is 2.29. The number of nitrogens with zero attached hydrogens (tertiary/aromatic N) is 1. The van der Waals surface area contributed by atoms with Crippen molar-refractivity contribution in [2.45, 2.75) is 6.54 Å². The van der Waals surface area contributed by atoms with Crippen LogP contribution >= 0.6 is 27.3 Å². The first-order valence-electron chi connectivity index (χ1n) is 5.93. The van der Waals surface area contributed by atoms with Crippen LogP contribution in [0.25, 0.3) is 0 Å². The summed E-state index contributed by atoms with van der Waals surface area (Å²) in [6.45, 7) is 0.712. The number of nitrogens with two attached hydrogens (primary N) is 1. The number of hydrogen-bond donors (Lipinski definition) is 1. The Hall–Kier alpha value is -1.53. The zero-order valence-corrected chi connectivity index (χ0v) is 13.6. The molecule has 0 bridgehead atoms. The van der Waals surface area contributed by atoms with Crippen LogP contribution in [0.3, 0.4) is 0 Å². The molecular weight excluding hydrogens is 340 g/mol. The second kappa shape index (κ2) is 6.28. The fourth-order valence-electron chi connectivity index (χ4n) is 1.92. The lowest BCUT2D eigenvalue weighted by molar-refractivity contribution is 0.0601. The van der Waals surface area contributed by atoms with Gasteiger partial charge in [0.05, 0.1) is 24.9 Å². The van der Waals surface area contributed by atoms with E-state index in [1.165, 1.54) is 12.0 Å². The number of ether oxygens (including phenoxy) is 1. The molecule has 2 aromatic rings. The van der Waals surface area contributed by atoms with Crippen molar-refractivity contribution in [1.29, 1.82) is 0 Å². The molecule has 1 heterocycles. The van der Waals surface area contributed by atoms with Crippen molar-refractivity contribution in [3.05, 3.63) is 44.6 Å². The molecule has 0 aliphatic carbocycles. The zero-order valence-electron chi connectivity index (χ0n) is 11.2. The minimum Gasteiger partial charge on any atom is -0.465 e. The number of thiophene rings is 1. The molecule has 1 aromatic carbocycles. The lowest BCUT2D eigenvalue weighted by Crippen LogP contribution is -2.19. The predicted octanol–water partition coefficient (Wildman–Crippen LogP) is 3.52. The molecule has 0 amide bonds. The number of nitrogen functional groups attached to an aromatic ring is 1. The SMILES string of the molecule is COC(=O)c1cc(N)ccc1N(C)Cc1cc(Br)cs1. The van der Waals surface area contributed by atoms with E-state index in [-0.39, 0.29) is 5.97 Å². The van der Waals surface area contributed by atoms with Gasteiger partial charge < -0.3 is 15.4 Å². The number of halogens is 1. The molecule has 0 spiro atoms. The molecule has 2 rings (SSSR count). The first kappa shape index (κ1) is 14.9. The van der Waals surface area contributed by atoms with Crippen LogP contribution in [0.1, 0.15) is 15.2 Å². The summed E-state index contributed by atoms with van der Waals surface area (Å²) in [6, 6.07) is 7.32. The van der Waals surface area contributed by atoms with Crippen molar-refractivity contribution in [3.63, 3.8) is 0 Å². The molecule has 0 unspecified atom stereocenters. The third-order valence-corrected chi connectivity index (χ3v) is 4.53. The van der Waals surface area contributed by atoms with E-state index in [0.717, 1.165) is 10.2 Å². The minimum atomic E-state index is -0.383. The highest BCUT2D eigenvalue weighted by Gasteiger charge is 2.16. The fourth-order valence-corrected chi connectivity index (χ4v) is 3.42. The van der Waals surface area contributed by atoms with Gasteiger partial charge in [0.25, 0.3) is 0 Å². The maximum Gasteiger partial charge on any atom is 0.340 e. The Morgan fingerprint density at radius 3 is 2.80 bits per heavy atom. The number of carbonyl (C=O) groups excluding carboxylic acids is 1. The number of esters is 1. The van der Waals surface area contributed by atoms with E-state index in [0.29, 0.717) is 17.8 Å². The lowest BCUT2D eigenvalue weighted by Gasteiger charge is -2.21. The second-order valence-corrected chi connectivity index (χ2v) is 6.27. The molecule has 1 aromatic heterocycles. The third-order valence-electron chi connectivity index (χ3n) is 2.85. The third kappa shape index (κ3) is 3.32. The van der Waals surface area contributed by atoms with E-state index in [1.54, 1.807) is 23.5 Å². The first-order valence-corrected chi connectivity index (χ1v) is 7.60. The van der Waals surface area contributed by atoms with E-state index in [4.69, 9.17) is 10.5 Å². The van der Waals surface area contributed by atoms with Crippen molar-refractivity contribution in [1.82, 2.24) is 0 Å². The van der Waals surface area contributed by atoms with Crippen molar-refractivity contribution < 1.29 is 9.53 Å². The second-order valence-electron chi connectivity index (χ2n) is 4.36. The van der Waals surface area contributed by atoms with Crippen LogP contribution in [0.5, 0.6) is 0 Å². The summed E-state index contributed by atoms with van der Waals surface area (Å²) in [5.41, 5.74) is 7.57. The summed E-state index contributed by atoms with van der Waals surface area (Å²) >= 11 is 5.10. The standard InChI is InChI=1S/C14H15BrN2O2S/c1-17(7-11-5-9(15)8-20-11)13-4-3-10(16)6-12(13)14(18)19-2/h3-6,8H,7,16H2,1-2H3. The van der Waals surface area contributed by atoms with Gasteiger partial charge in [-0.25, -0.2) is 4.79 Å². The maximum absolute atomic E-state index is 11.8. The average Bonchev–Trinajstić information content (AvgIpc) is 2.82. The lowest BCUT2D eigenvalue weighted by atomic mass is 10.1. The molecule has 0 aliphatic heterocycles. The van der Waals surface area contributed by atoms with E-state index >= 15 is 0 Å². The van der Waals surface area contributed by atoms with Gasteiger partial charge in [0.15, 0.2) is 0 Å². The number of benzene rings is 1. The molecular formula is C14H15BrN2O2S. The Kier molecular flexibility index (Phi) is 4.67. The van der Waals surface area contributed by atoms with E-state index < -0.39 is 0 Å². The quantitative estimate of drug-likeness (QED) is 0.674. The molecule has 4 nitrogen and oxygen atoms in total. The number of hydrogen-bond acceptors (Lipinski definition) is 5. The largest absolute Gasteiger partial charge is 0.465 e. The predicted molar refractivity (Wildman–Crippen MR) is 86.3 cm³/mol. The molecule has 106 valence electrons. The molecule has 6 heteroatoms. The smallest absolute Gasteiger partial charge is 0.340 e. The van der Waals surface area contributed by atoms with Gasteiger partial charge in [-0.3, -0.25) is 0 Å². The molecule has 0 aliphatic rings. The van der Waals surface area contributed by atoms with Crippen molar-refractivity contribution in [2.24, 2.45) is 0 Å². The summed E-state index contributed by atoms with van der Waals surface area (Å²) in [5.74, 6) is -0.383. The Morgan fingerprint density at radius 1 is 1.45 bits per heavy atom. The molecule has 2 N–H and O–H groups in total. The van der Waals surface area contributed by atoms with Gasteiger partial charge in [-0.2, -0.15) is 0 Å². The van der Waals surface area contributed by atoms with E-state index in [9.17, 15) is 4.79 Å². The summed E-state index contributed by atoms with van der Waals surface area (Å²) in [6.07, 6.45) is 0. The fraction of sp³-hybridized carbons (Fsp3) is 0.214. The van der Waals surface area contributed by atoms with Crippen LogP contribution in [0, 0.1) is 0 Å². The van der Waals surface area contributed by atoms with Gasteiger partial charge in [-0.05, 0) is 40.2 Å². The summed E-state index contributed by atoms with van der Waals surface area (Å²) < 4.78 is 5.88.